The lowest BCUT2D eigenvalue weighted by molar-refractivity contribution is 0.401. The van der Waals surface area contributed by atoms with Gasteiger partial charge < -0.3 is 10.6 Å². The van der Waals surface area contributed by atoms with Crippen molar-refractivity contribution in [2.45, 2.75) is 20.4 Å². The minimum atomic E-state index is 0. The van der Waals surface area contributed by atoms with E-state index in [0.717, 1.165) is 6.54 Å². The lowest BCUT2D eigenvalue weighted by atomic mass is 10.1. The molecule has 0 aromatic rings. The monoisotopic (exact) mass is 130 g/mol. The van der Waals surface area contributed by atoms with E-state index < -0.39 is 0 Å². The molecule has 2 heteroatoms. The Morgan fingerprint density at radius 2 is 2.00 bits per heavy atom. The Morgan fingerprint density at radius 3 is 2.11 bits per heavy atom. The Morgan fingerprint density at radius 1 is 1.44 bits per heavy atom. The van der Waals surface area contributed by atoms with E-state index in [4.69, 9.17) is 5.73 Å². The summed E-state index contributed by atoms with van der Waals surface area (Å²) >= 11 is 0. The van der Waals surface area contributed by atoms with Crippen LogP contribution in [0, 0.1) is 5.92 Å². The molecular formula is C7H18N2. The highest BCUT2D eigenvalue weighted by Gasteiger charge is 2.22. The van der Waals surface area contributed by atoms with E-state index in [1.807, 2.05) is 0 Å². The zero-order valence-electron chi connectivity index (χ0n) is 5.59. The molecule has 2 N–H and O–H groups in total. The Balaban J connectivity index is 0.000000640. The molecule has 0 aromatic carbocycles. The highest BCUT2D eigenvalue weighted by atomic mass is 15.1. The Kier molecular flexibility index (Phi) is 3.15. The van der Waals surface area contributed by atoms with E-state index in [-0.39, 0.29) is 7.43 Å². The van der Waals surface area contributed by atoms with E-state index in [1.165, 1.54) is 6.54 Å². The van der Waals surface area contributed by atoms with Crippen molar-refractivity contribution in [3.8, 4) is 0 Å². The standard InChI is InChI=1S/C6H14N2.CH4/c1-5-3-8(2)4-6(5)7;/h5-6H,3-4,7H2,1-2H3;1H4. The van der Waals surface area contributed by atoms with Gasteiger partial charge in [-0.25, -0.2) is 0 Å². The zero-order chi connectivity index (χ0) is 6.15. The topological polar surface area (TPSA) is 29.3 Å². The molecular weight excluding hydrogens is 112 g/mol. The van der Waals surface area contributed by atoms with Crippen LogP contribution in [-0.4, -0.2) is 31.1 Å². The number of nitrogens with two attached hydrogens (primary N) is 1. The molecule has 1 fully saturated rings. The first-order valence-electron chi connectivity index (χ1n) is 3.14. The fourth-order valence-corrected chi connectivity index (χ4v) is 1.24. The molecule has 2 nitrogen and oxygen atoms in total. The highest BCUT2D eigenvalue weighted by Crippen LogP contribution is 2.10. The summed E-state index contributed by atoms with van der Waals surface area (Å²) in [4.78, 5) is 2.27. The van der Waals surface area contributed by atoms with Crippen molar-refractivity contribution >= 4 is 0 Å². The summed E-state index contributed by atoms with van der Waals surface area (Å²) in [6.07, 6.45) is 0. The van der Waals surface area contributed by atoms with E-state index in [9.17, 15) is 0 Å². The van der Waals surface area contributed by atoms with Gasteiger partial charge in [-0.1, -0.05) is 14.4 Å². The fourth-order valence-electron chi connectivity index (χ4n) is 1.24. The summed E-state index contributed by atoms with van der Waals surface area (Å²) in [6, 6.07) is 0.417. The number of hydrogen-bond donors (Lipinski definition) is 1. The Hall–Kier alpha value is -0.0800. The molecule has 1 heterocycles. The molecule has 1 aliphatic rings. The van der Waals surface area contributed by atoms with Crippen molar-refractivity contribution in [1.82, 2.24) is 4.90 Å². The van der Waals surface area contributed by atoms with Crippen molar-refractivity contribution in [2.75, 3.05) is 20.1 Å². The molecule has 0 bridgehead atoms. The molecule has 1 aliphatic heterocycles. The predicted molar refractivity (Wildman–Crippen MR) is 41.4 cm³/mol. The largest absolute Gasteiger partial charge is 0.326 e. The van der Waals surface area contributed by atoms with E-state index in [0.29, 0.717) is 12.0 Å². The lowest BCUT2D eigenvalue weighted by Gasteiger charge is -2.03. The fraction of sp³-hybridized carbons (Fsp3) is 1.00. The molecule has 2 atom stereocenters. The summed E-state index contributed by atoms with van der Waals surface area (Å²) in [5.74, 6) is 0.694. The van der Waals surface area contributed by atoms with Crippen LogP contribution >= 0.6 is 0 Å². The van der Waals surface area contributed by atoms with Crippen molar-refractivity contribution in [3.63, 3.8) is 0 Å². The van der Waals surface area contributed by atoms with Crippen molar-refractivity contribution in [2.24, 2.45) is 11.7 Å². The van der Waals surface area contributed by atoms with Crippen LogP contribution in [0.25, 0.3) is 0 Å². The van der Waals surface area contributed by atoms with Crippen LogP contribution in [0.3, 0.4) is 0 Å². The van der Waals surface area contributed by atoms with Crippen LogP contribution in [0.1, 0.15) is 14.4 Å². The number of rotatable bonds is 0. The smallest absolute Gasteiger partial charge is 0.0206 e. The normalized spacial score (nSPS) is 36.3. The van der Waals surface area contributed by atoms with Crippen molar-refractivity contribution in [3.05, 3.63) is 0 Å². The van der Waals surface area contributed by atoms with Crippen LogP contribution in [0.4, 0.5) is 0 Å². The summed E-state index contributed by atoms with van der Waals surface area (Å²) in [5.41, 5.74) is 5.73. The number of likely N-dealkylation sites (tertiary alicyclic amines) is 1. The quantitative estimate of drug-likeness (QED) is 0.518. The van der Waals surface area contributed by atoms with Crippen LogP contribution in [0.5, 0.6) is 0 Å². The second-order valence-corrected chi connectivity index (χ2v) is 2.86. The summed E-state index contributed by atoms with van der Waals surface area (Å²) in [6.45, 7) is 4.44. The molecule has 1 rings (SSSR count). The van der Waals surface area contributed by atoms with Crippen LogP contribution in [0.2, 0.25) is 0 Å². The van der Waals surface area contributed by atoms with Crippen LogP contribution in [0.15, 0.2) is 0 Å². The van der Waals surface area contributed by atoms with Gasteiger partial charge in [-0.05, 0) is 13.0 Å². The average molecular weight is 130 g/mol. The van der Waals surface area contributed by atoms with E-state index in [2.05, 4.69) is 18.9 Å². The molecule has 2 unspecified atom stereocenters. The molecule has 0 radical (unpaired) electrons. The van der Waals surface area contributed by atoms with Gasteiger partial charge in [-0.2, -0.15) is 0 Å². The van der Waals surface area contributed by atoms with Gasteiger partial charge in [0.2, 0.25) is 0 Å². The van der Waals surface area contributed by atoms with Gasteiger partial charge >= 0.3 is 0 Å². The van der Waals surface area contributed by atoms with Crippen molar-refractivity contribution < 1.29 is 0 Å². The van der Waals surface area contributed by atoms with Crippen LogP contribution < -0.4 is 5.73 Å². The summed E-state index contributed by atoms with van der Waals surface area (Å²) in [7, 11) is 2.11. The molecule has 1 saturated heterocycles. The average Bonchev–Trinajstić information content (AvgIpc) is 1.85. The highest BCUT2D eigenvalue weighted by molar-refractivity contribution is 4.81. The number of likely N-dealkylation sites (N-methyl/N-ethyl adjacent to an activating group) is 1. The number of hydrogen-bond acceptors (Lipinski definition) is 2. The molecule has 0 aromatic heterocycles. The molecule has 0 aliphatic carbocycles. The first kappa shape index (κ1) is 8.92. The third-order valence-corrected chi connectivity index (χ3v) is 1.85. The molecule has 0 spiro atoms. The lowest BCUT2D eigenvalue weighted by Crippen LogP contribution is -2.27. The van der Waals surface area contributed by atoms with E-state index in [1.54, 1.807) is 0 Å². The molecule has 0 amide bonds. The van der Waals surface area contributed by atoms with Gasteiger partial charge in [0.25, 0.3) is 0 Å². The van der Waals surface area contributed by atoms with Crippen molar-refractivity contribution in [1.29, 1.82) is 0 Å². The van der Waals surface area contributed by atoms with Gasteiger partial charge in [-0.15, -0.1) is 0 Å². The van der Waals surface area contributed by atoms with E-state index >= 15 is 0 Å². The minimum Gasteiger partial charge on any atom is -0.326 e. The second-order valence-electron chi connectivity index (χ2n) is 2.86. The van der Waals surface area contributed by atoms with Gasteiger partial charge in [0, 0.05) is 19.1 Å². The predicted octanol–water partition coefficient (Wildman–Crippen LogP) is 0.531. The molecule has 56 valence electrons. The number of nitrogens with zero attached hydrogens (tertiary/aromatic N) is 1. The third-order valence-electron chi connectivity index (χ3n) is 1.85. The van der Waals surface area contributed by atoms with Gasteiger partial charge in [0.15, 0.2) is 0 Å². The summed E-state index contributed by atoms with van der Waals surface area (Å²) < 4.78 is 0. The maximum Gasteiger partial charge on any atom is 0.0206 e. The van der Waals surface area contributed by atoms with Gasteiger partial charge in [0.05, 0.1) is 0 Å². The maximum atomic E-state index is 5.73. The second kappa shape index (κ2) is 3.18. The first-order valence-corrected chi connectivity index (χ1v) is 3.14. The van der Waals surface area contributed by atoms with Crippen LogP contribution in [-0.2, 0) is 0 Å². The molecule has 0 saturated carbocycles. The minimum absolute atomic E-state index is 0. The first-order chi connectivity index (χ1) is 3.70. The van der Waals surface area contributed by atoms with Gasteiger partial charge in [-0.3, -0.25) is 0 Å². The Bertz CT molecular complexity index is 73.0. The summed E-state index contributed by atoms with van der Waals surface area (Å²) in [5, 5.41) is 0. The van der Waals surface area contributed by atoms with Gasteiger partial charge in [0.1, 0.15) is 0 Å². The molecule has 9 heavy (non-hydrogen) atoms. The maximum absolute atomic E-state index is 5.73. The SMILES string of the molecule is C.CC1CN(C)CC1N. The third kappa shape index (κ3) is 1.95. The Labute approximate surface area is 58.0 Å². The zero-order valence-corrected chi connectivity index (χ0v) is 5.59.